The largest absolute Gasteiger partial charge is 0.422 e. The number of hydrogen-bond donors (Lipinski definition) is 2. The van der Waals surface area contributed by atoms with Crippen LogP contribution >= 0.6 is 0 Å². The molecule has 2 aromatic rings. The first-order valence-corrected chi connectivity index (χ1v) is 36.0. The van der Waals surface area contributed by atoms with Crippen molar-refractivity contribution in [1.82, 2.24) is 59.6 Å². The highest BCUT2D eigenvalue weighted by Crippen LogP contribution is 2.43. The third-order valence-electron chi connectivity index (χ3n) is 21.7. The highest BCUT2D eigenvalue weighted by molar-refractivity contribution is 6.01. The zero-order valence-corrected chi connectivity index (χ0v) is 62.6. The van der Waals surface area contributed by atoms with Gasteiger partial charge in [-0.3, -0.25) is 57.5 Å². The minimum atomic E-state index is -5.42. The number of nitrogens with one attached hydrogen (secondary N) is 2. The molecule has 2 N–H and O–H groups in total. The number of benzene rings is 2. The van der Waals surface area contributed by atoms with E-state index in [1.54, 1.807) is 57.2 Å². The lowest BCUT2D eigenvalue weighted by Gasteiger charge is -2.51. The SMILES string of the molecule is C#CC[C@H]1C(=O)N[C@@H]([C@@H](C)CC)C(=O)N(C)CC(=O)N(C)[C@H]2C/C=C\CCN(C2=O)[C@@H](Cc2ccc(C)cc2)C(=O)N(C)CC(=O)N[C@@H](CCc2cc(F)c(C(F)(F)F)c(F)c2)C(=O)N2C[C@H](OCC)C[C@H]2C(=O)N(C)C2(CCC2)C(=O)N(C)[C@@H](C2CCCC2)C(=O)N(C)[C@H](C(=O)N(C)C)CC(=O)N1C. The van der Waals surface area contributed by atoms with Crippen LogP contribution in [-0.2, 0) is 81.3 Å². The van der Waals surface area contributed by atoms with Gasteiger partial charge in [0.1, 0.15) is 71.1 Å². The molecule has 4 fully saturated rings. The van der Waals surface area contributed by atoms with Crippen LogP contribution in [0.15, 0.2) is 48.6 Å². The van der Waals surface area contributed by atoms with Crippen LogP contribution in [0.1, 0.15) is 133 Å². The second-order valence-electron chi connectivity index (χ2n) is 28.9. The van der Waals surface area contributed by atoms with E-state index in [2.05, 4.69) is 16.6 Å². The molecule has 576 valence electrons. The molecule has 5 aliphatic rings. The van der Waals surface area contributed by atoms with Gasteiger partial charge in [0.25, 0.3) is 0 Å². The van der Waals surface area contributed by atoms with Crippen LogP contribution in [0, 0.1) is 42.7 Å². The summed E-state index contributed by atoms with van der Waals surface area (Å²) in [6, 6.07) is -3.38. The molecule has 25 nitrogen and oxygen atoms in total. The first kappa shape index (κ1) is 83.3. The number of rotatable bonds is 12. The van der Waals surface area contributed by atoms with Crippen molar-refractivity contribution in [2.45, 2.75) is 197 Å². The molecule has 12 amide bonds. The molecule has 2 bridgehead atoms. The summed E-state index contributed by atoms with van der Waals surface area (Å²) in [6.07, 6.45) is 4.09. The summed E-state index contributed by atoms with van der Waals surface area (Å²) in [5, 5.41) is 5.41. The van der Waals surface area contributed by atoms with Crippen LogP contribution in [0.5, 0.6) is 0 Å². The van der Waals surface area contributed by atoms with Crippen LogP contribution in [0.4, 0.5) is 22.0 Å². The Bertz CT molecular complexity index is 3610. The molecule has 2 saturated carbocycles. The van der Waals surface area contributed by atoms with Gasteiger partial charge in [0, 0.05) is 102 Å². The predicted molar refractivity (Wildman–Crippen MR) is 377 cm³/mol. The summed E-state index contributed by atoms with van der Waals surface area (Å²) in [5.41, 5.74) is -2.66. The standard InChI is InChI=1S/C75H103F5N12O13/c1-15-24-54-65(96)82-63(46(5)16-2)71(102)85(9)44-61(95)87(11)55-27-19-18-22-36-91(70(55)101)57(39-47-30-28-45(4)29-31-47)68(99)84(8)43-59(93)81-53(33-32-48-37-51(76)62(52(77)38-48)75(78,79)80)66(97)92-42-50(105-17-3)40-58(92)69(100)90(14)74(34-23-35-74)73(104)89(13)64(49-25-20-21-26-49)72(103)88(12)56(67(98)83(6)7)41-60(94)86(54)10/h1,18-19,28-31,37-38,46,49-50,53-58,63-64H,16-17,20-27,32-36,39-44H2,2-14H3,(H,81,93)(H,82,96)/b19-18-/t46-,50+,53-,54-,55-,56-,57-,58-,63-,64-/m0/s1. The van der Waals surface area contributed by atoms with E-state index in [1.807, 2.05) is 6.92 Å². The Balaban J connectivity index is 1.35. The summed E-state index contributed by atoms with van der Waals surface area (Å²) in [5.74, 6) is -11.9. The van der Waals surface area contributed by atoms with Crippen molar-refractivity contribution >= 4 is 70.9 Å². The highest BCUT2D eigenvalue weighted by Gasteiger charge is 2.56. The van der Waals surface area contributed by atoms with Gasteiger partial charge in [0.2, 0.25) is 70.9 Å². The number of halogens is 5. The summed E-state index contributed by atoms with van der Waals surface area (Å²) in [7, 11) is 12.3. The van der Waals surface area contributed by atoms with E-state index in [4.69, 9.17) is 11.2 Å². The minimum Gasteiger partial charge on any atom is -0.377 e. The van der Waals surface area contributed by atoms with E-state index >= 15 is 37.5 Å². The molecule has 7 rings (SSSR count). The molecule has 2 saturated heterocycles. The number of terminal acetylenes is 1. The van der Waals surface area contributed by atoms with Gasteiger partial charge < -0.3 is 64.4 Å². The molecule has 0 radical (unpaired) electrons. The Kier molecular flexibility index (Phi) is 28.4. The second kappa shape index (κ2) is 35.9. The summed E-state index contributed by atoms with van der Waals surface area (Å²) >= 11 is 0. The fourth-order valence-electron chi connectivity index (χ4n) is 14.9. The van der Waals surface area contributed by atoms with Crippen molar-refractivity contribution < 1.29 is 84.2 Å². The van der Waals surface area contributed by atoms with Crippen LogP contribution in [-0.4, -0.2) is 276 Å². The van der Waals surface area contributed by atoms with E-state index in [0.29, 0.717) is 56.2 Å². The number of alkyl halides is 3. The molecule has 1 spiro atoms. The molecule has 3 aliphatic heterocycles. The van der Waals surface area contributed by atoms with E-state index in [1.165, 1.54) is 83.0 Å². The number of likely N-dealkylation sites (N-methyl/N-ethyl adjacent to an activating group) is 8. The minimum absolute atomic E-state index is 0.0481. The number of fused-ring (bicyclic) bond motifs is 3. The van der Waals surface area contributed by atoms with E-state index in [0.717, 1.165) is 35.0 Å². The maximum Gasteiger partial charge on any atom is 0.422 e. The third kappa shape index (κ3) is 19.2. The summed E-state index contributed by atoms with van der Waals surface area (Å²) in [4.78, 5) is 192. The number of ether oxygens (including phenoxy) is 1. The third-order valence-corrected chi connectivity index (χ3v) is 21.7. The van der Waals surface area contributed by atoms with Gasteiger partial charge in [0.05, 0.1) is 25.6 Å². The van der Waals surface area contributed by atoms with Crippen molar-refractivity contribution in [3.8, 4) is 12.3 Å². The molecule has 30 heteroatoms. The molecule has 105 heavy (non-hydrogen) atoms. The quantitative estimate of drug-likeness (QED) is 0.170. The lowest BCUT2D eigenvalue weighted by molar-refractivity contribution is -0.166. The zero-order chi connectivity index (χ0) is 77.9. The molecule has 10 atom stereocenters. The molecular formula is C75H103F5N12O13. The van der Waals surface area contributed by atoms with Gasteiger partial charge in [0.15, 0.2) is 0 Å². The first-order valence-electron chi connectivity index (χ1n) is 36.0. The topological polar surface area (TPSA) is 271 Å². The lowest BCUT2D eigenvalue weighted by atomic mass is 9.73. The number of aryl methyl sites for hydroxylation is 2. The molecule has 0 aromatic heterocycles. The van der Waals surface area contributed by atoms with E-state index < -0.39 is 198 Å². The number of nitrogens with zero attached hydrogens (tertiary/aromatic N) is 10. The Morgan fingerprint density at radius 3 is 1.92 bits per heavy atom. The van der Waals surface area contributed by atoms with Gasteiger partial charge >= 0.3 is 6.18 Å². The average molecular weight is 1480 g/mol. The maximum atomic E-state index is 15.7. The molecule has 2 aromatic carbocycles. The van der Waals surface area contributed by atoms with Crippen LogP contribution < -0.4 is 10.6 Å². The highest BCUT2D eigenvalue weighted by atomic mass is 19.4. The summed E-state index contributed by atoms with van der Waals surface area (Å²) in [6.45, 7) is 5.31. The van der Waals surface area contributed by atoms with Crippen LogP contribution in [0.3, 0.4) is 0 Å². The Labute approximate surface area is 611 Å². The van der Waals surface area contributed by atoms with Crippen LogP contribution in [0.25, 0.3) is 0 Å². The van der Waals surface area contributed by atoms with Gasteiger partial charge in [-0.15, -0.1) is 12.3 Å². The van der Waals surface area contributed by atoms with E-state index in [9.17, 15) is 41.9 Å². The van der Waals surface area contributed by atoms with Crippen molar-refractivity contribution in [3.05, 3.63) is 82.4 Å². The Hall–Kier alpha value is -9.01. The summed E-state index contributed by atoms with van der Waals surface area (Å²) < 4.78 is 78.1. The van der Waals surface area contributed by atoms with Crippen molar-refractivity contribution in [2.24, 2.45) is 11.8 Å². The smallest absolute Gasteiger partial charge is 0.377 e. The molecule has 2 aliphatic carbocycles. The molecule has 0 unspecified atom stereocenters. The number of hydrogen-bond acceptors (Lipinski definition) is 13. The number of carbonyl (C=O) groups excluding carboxylic acids is 12. The Morgan fingerprint density at radius 1 is 0.724 bits per heavy atom. The van der Waals surface area contributed by atoms with Gasteiger partial charge in [-0.25, -0.2) is 8.78 Å². The fraction of sp³-hybridized carbons (Fsp3) is 0.627. The maximum absolute atomic E-state index is 15.7. The molecular weight excluding hydrogens is 1370 g/mol. The van der Waals surface area contributed by atoms with Gasteiger partial charge in [-0.05, 0) is 107 Å². The van der Waals surface area contributed by atoms with Crippen molar-refractivity contribution in [1.29, 1.82) is 0 Å². The lowest BCUT2D eigenvalue weighted by Crippen LogP contribution is -2.68. The first-order chi connectivity index (χ1) is 49.4. The normalized spacial score (nSPS) is 26.3. The number of carbonyl (C=O) groups is 12. The average Bonchev–Trinajstić information content (AvgIpc) is 1.65. The number of amides is 12. The monoisotopic (exact) mass is 1470 g/mol. The zero-order valence-electron chi connectivity index (χ0n) is 62.6. The second-order valence-corrected chi connectivity index (χ2v) is 28.9. The van der Waals surface area contributed by atoms with Crippen molar-refractivity contribution in [3.63, 3.8) is 0 Å². The van der Waals surface area contributed by atoms with Crippen molar-refractivity contribution in [2.75, 3.05) is 96.2 Å². The van der Waals surface area contributed by atoms with Gasteiger partial charge in [-0.1, -0.05) is 75.1 Å². The molecule has 3 heterocycles. The van der Waals surface area contributed by atoms with E-state index in [-0.39, 0.29) is 70.2 Å². The Morgan fingerprint density at radius 2 is 1.35 bits per heavy atom. The van der Waals surface area contributed by atoms with Gasteiger partial charge in [-0.2, -0.15) is 13.2 Å². The fourth-order valence-corrected chi connectivity index (χ4v) is 14.9. The predicted octanol–water partition coefficient (Wildman–Crippen LogP) is 4.35. The van der Waals surface area contributed by atoms with Crippen LogP contribution in [0.2, 0.25) is 0 Å².